The minimum atomic E-state index is 0. The first kappa shape index (κ1) is 26.7. The van der Waals surface area contributed by atoms with Crippen molar-refractivity contribution in [2.75, 3.05) is 0 Å². The maximum Gasteiger partial charge on any atom is 0 e. The van der Waals surface area contributed by atoms with Crippen LogP contribution in [0.5, 0.6) is 0 Å². The number of unbranched alkanes of at least 4 members (excludes halogenated alkanes) is 20. The van der Waals surface area contributed by atoms with Gasteiger partial charge in [0, 0.05) is 17.1 Å². The SMILES string of the molecule is CCCCCCCCCCCCCCCCCCCCCCC.[Mn]. The van der Waals surface area contributed by atoms with Crippen LogP contribution in [0.15, 0.2) is 0 Å². The van der Waals surface area contributed by atoms with Gasteiger partial charge < -0.3 is 0 Å². The zero-order valence-corrected chi connectivity index (χ0v) is 18.4. The van der Waals surface area contributed by atoms with Gasteiger partial charge in [0.2, 0.25) is 0 Å². The Labute approximate surface area is 165 Å². The predicted molar refractivity (Wildman–Crippen MR) is 108 cm³/mol. The Balaban J connectivity index is 0. The molecule has 0 saturated carbocycles. The summed E-state index contributed by atoms with van der Waals surface area (Å²) in [7, 11) is 0. The van der Waals surface area contributed by atoms with E-state index in [2.05, 4.69) is 13.8 Å². The third-order valence-corrected chi connectivity index (χ3v) is 5.21. The van der Waals surface area contributed by atoms with Crippen molar-refractivity contribution in [2.24, 2.45) is 0 Å². The van der Waals surface area contributed by atoms with Crippen LogP contribution in [-0.2, 0) is 17.1 Å². The molecule has 0 rings (SSSR count). The Morgan fingerprint density at radius 3 is 0.500 bits per heavy atom. The van der Waals surface area contributed by atoms with Gasteiger partial charge >= 0.3 is 0 Å². The van der Waals surface area contributed by atoms with E-state index in [0.29, 0.717) is 0 Å². The minimum Gasteiger partial charge on any atom is -0.0654 e. The monoisotopic (exact) mass is 379 g/mol. The standard InChI is InChI=1S/C23H48.Mn/c1-3-5-7-9-11-13-15-17-19-21-23-22-20-18-16-14-12-10-8-6-4-2;/h3-23H2,1-2H3;. The van der Waals surface area contributed by atoms with Crippen molar-refractivity contribution in [1.82, 2.24) is 0 Å². The zero-order valence-electron chi connectivity index (χ0n) is 17.2. The summed E-state index contributed by atoms with van der Waals surface area (Å²) in [6.45, 7) is 4.60. The fourth-order valence-electron chi connectivity index (χ4n) is 3.51. The maximum atomic E-state index is 2.30. The molecule has 0 nitrogen and oxygen atoms in total. The molecule has 0 spiro atoms. The van der Waals surface area contributed by atoms with Gasteiger partial charge in [-0.15, -0.1) is 0 Å². The fourth-order valence-corrected chi connectivity index (χ4v) is 3.51. The summed E-state index contributed by atoms with van der Waals surface area (Å²) in [4.78, 5) is 0. The van der Waals surface area contributed by atoms with E-state index in [1.165, 1.54) is 135 Å². The molecule has 147 valence electrons. The van der Waals surface area contributed by atoms with Crippen LogP contribution in [0.4, 0.5) is 0 Å². The van der Waals surface area contributed by atoms with Crippen LogP contribution in [-0.4, -0.2) is 0 Å². The van der Waals surface area contributed by atoms with Gasteiger partial charge in [-0.3, -0.25) is 0 Å². The Hall–Kier alpha value is 0.519. The first-order valence-corrected chi connectivity index (χ1v) is 11.4. The van der Waals surface area contributed by atoms with Gasteiger partial charge in [-0.2, -0.15) is 0 Å². The van der Waals surface area contributed by atoms with Crippen molar-refractivity contribution in [3.63, 3.8) is 0 Å². The van der Waals surface area contributed by atoms with Crippen LogP contribution in [0.25, 0.3) is 0 Å². The normalized spacial score (nSPS) is 10.8. The van der Waals surface area contributed by atoms with Gasteiger partial charge in [0.1, 0.15) is 0 Å². The number of rotatable bonds is 20. The molecule has 0 heterocycles. The molecule has 0 fully saturated rings. The van der Waals surface area contributed by atoms with E-state index in [0.717, 1.165) is 0 Å². The summed E-state index contributed by atoms with van der Waals surface area (Å²) in [5.74, 6) is 0. The predicted octanol–water partition coefficient (Wildman–Crippen LogP) is 9.22. The molecular weight excluding hydrogens is 331 g/mol. The second kappa shape index (κ2) is 25.8. The molecule has 0 amide bonds. The Morgan fingerprint density at radius 1 is 0.250 bits per heavy atom. The third-order valence-electron chi connectivity index (χ3n) is 5.21. The molecule has 0 aliphatic heterocycles. The number of hydrogen-bond acceptors (Lipinski definition) is 0. The second-order valence-electron chi connectivity index (χ2n) is 7.72. The van der Waals surface area contributed by atoms with E-state index >= 15 is 0 Å². The summed E-state index contributed by atoms with van der Waals surface area (Å²) in [6, 6.07) is 0. The minimum absolute atomic E-state index is 0. The van der Waals surface area contributed by atoms with E-state index in [1.54, 1.807) is 0 Å². The van der Waals surface area contributed by atoms with Crippen LogP contribution in [0.1, 0.15) is 149 Å². The maximum absolute atomic E-state index is 2.30. The molecule has 0 saturated heterocycles. The molecule has 24 heavy (non-hydrogen) atoms. The van der Waals surface area contributed by atoms with Gasteiger partial charge in [0.15, 0.2) is 0 Å². The fraction of sp³-hybridized carbons (Fsp3) is 1.00. The van der Waals surface area contributed by atoms with E-state index in [4.69, 9.17) is 0 Å². The van der Waals surface area contributed by atoms with Gasteiger partial charge in [-0.25, -0.2) is 0 Å². The largest absolute Gasteiger partial charge is 0.0654 e. The van der Waals surface area contributed by atoms with E-state index < -0.39 is 0 Å². The Kier molecular flexibility index (Phi) is 28.7. The average molecular weight is 380 g/mol. The summed E-state index contributed by atoms with van der Waals surface area (Å²) in [6.07, 6.45) is 30.9. The molecule has 1 heteroatoms. The molecule has 0 unspecified atom stereocenters. The topological polar surface area (TPSA) is 0 Å². The van der Waals surface area contributed by atoms with Crippen molar-refractivity contribution >= 4 is 0 Å². The van der Waals surface area contributed by atoms with Crippen LogP contribution >= 0.6 is 0 Å². The molecule has 0 atom stereocenters. The average Bonchev–Trinajstić information content (AvgIpc) is 2.57. The van der Waals surface area contributed by atoms with Crippen molar-refractivity contribution in [1.29, 1.82) is 0 Å². The van der Waals surface area contributed by atoms with Crippen molar-refractivity contribution < 1.29 is 17.1 Å². The molecule has 0 aromatic heterocycles. The van der Waals surface area contributed by atoms with Crippen molar-refractivity contribution in [2.45, 2.75) is 149 Å². The van der Waals surface area contributed by atoms with Gasteiger partial charge in [-0.05, 0) is 0 Å². The summed E-state index contributed by atoms with van der Waals surface area (Å²) < 4.78 is 0. The van der Waals surface area contributed by atoms with E-state index in [-0.39, 0.29) is 17.1 Å². The van der Waals surface area contributed by atoms with Crippen LogP contribution in [0, 0.1) is 0 Å². The molecule has 0 N–H and O–H groups in total. The number of hydrogen-bond donors (Lipinski definition) is 0. The smallest absolute Gasteiger partial charge is 0 e. The molecule has 0 aliphatic carbocycles. The summed E-state index contributed by atoms with van der Waals surface area (Å²) in [5.41, 5.74) is 0. The van der Waals surface area contributed by atoms with Crippen molar-refractivity contribution in [3.05, 3.63) is 0 Å². The Bertz CT molecular complexity index is 170. The molecule has 0 aliphatic rings. The van der Waals surface area contributed by atoms with Crippen LogP contribution in [0.3, 0.4) is 0 Å². The summed E-state index contributed by atoms with van der Waals surface area (Å²) in [5, 5.41) is 0. The van der Waals surface area contributed by atoms with Gasteiger partial charge in [0.05, 0.1) is 0 Å². The zero-order chi connectivity index (χ0) is 16.8. The van der Waals surface area contributed by atoms with Gasteiger partial charge in [0.25, 0.3) is 0 Å². The first-order chi connectivity index (χ1) is 11.4. The molecule has 0 aromatic carbocycles. The molecule has 0 bridgehead atoms. The Morgan fingerprint density at radius 2 is 0.375 bits per heavy atom. The van der Waals surface area contributed by atoms with E-state index in [9.17, 15) is 0 Å². The van der Waals surface area contributed by atoms with Crippen LogP contribution < -0.4 is 0 Å². The first-order valence-electron chi connectivity index (χ1n) is 11.4. The summed E-state index contributed by atoms with van der Waals surface area (Å²) >= 11 is 0. The quantitative estimate of drug-likeness (QED) is 0.146. The third kappa shape index (κ3) is 24.8. The molecule has 0 aromatic rings. The second-order valence-corrected chi connectivity index (χ2v) is 7.72. The molecular formula is C23H48Mn. The molecule has 1 radical (unpaired) electrons. The van der Waals surface area contributed by atoms with Crippen LogP contribution in [0.2, 0.25) is 0 Å². The van der Waals surface area contributed by atoms with E-state index in [1.807, 2.05) is 0 Å². The van der Waals surface area contributed by atoms with Gasteiger partial charge in [-0.1, -0.05) is 149 Å². The van der Waals surface area contributed by atoms with Crippen molar-refractivity contribution in [3.8, 4) is 0 Å².